The molecule has 3 N–H and O–H groups in total. The second-order valence-corrected chi connectivity index (χ2v) is 11.1. The fourth-order valence-corrected chi connectivity index (χ4v) is 5.47. The van der Waals surface area contributed by atoms with Crippen LogP contribution in [0.1, 0.15) is 34.3 Å². The Labute approximate surface area is 201 Å². The lowest BCUT2D eigenvalue weighted by molar-refractivity contribution is 0.0841. The summed E-state index contributed by atoms with van der Waals surface area (Å²) in [5, 5.41) is 16.6. The quantitative estimate of drug-likeness (QED) is 0.510. The molecule has 4 rings (SSSR count). The van der Waals surface area contributed by atoms with Crippen molar-refractivity contribution in [3.05, 3.63) is 59.4 Å². The highest BCUT2D eigenvalue weighted by molar-refractivity contribution is 7.88. The maximum Gasteiger partial charge on any atom is 0.253 e. The number of rotatable bonds is 8. The second-order valence-electron chi connectivity index (χ2n) is 9.16. The predicted octanol–water partition coefficient (Wildman–Crippen LogP) is 1.07. The van der Waals surface area contributed by atoms with Crippen molar-refractivity contribution >= 4 is 21.6 Å². The first-order valence-corrected chi connectivity index (χ1v) is 13.5. The molecule has 184 valence electrons. The van der Waals surface area contributed by atoms with Gasteiger partial charge in [-0.1, -0.05) is 24.3 Å². The molecule has 2 aliphatic heterocycles. The number of carbonyl (C=O) groups is 1. The van der Waals surface area contributed by atoms with Crippen LogP contribution in [-0.2, 0) is 23.0 Å². The summed E-state index contributed by atoms with van der Waals surface area (Å²) in [5.41, 5.74) is 3.79. The summed E-state index contributed by atoms with van der Waals surface area (Å²) < 4.78 is 24.8. The highest BCUT2D eigenvalue weighted by Gasteiger charge is 2.25. The first-order valence-electron chi connectivity index (χ1n) is 11.7. The molecule has 2 aliphatic rings. The average Bonchev–Trinajstić information content (AvgIpc) is 2.82. The lowest BCUT2D eigenvalue weighted by atomic mass is 10.00. The summed E-state index contributed by atoms with van der Waals surface area (Å²) in [6, 6.07) is 10.2. The predicted molar refractivity (Wildman–Crippen MR) is 131 cm³/mol. The topological polar surface area (TPSA) is 115 Å². The van der Waals surface area contributed by atoms with Gasteiger partial charge in [-0.05, 0) is 36.5 Å². The molecule has 9 nitrogen and oxygen atoms in total. The Morgan fingerprint density at radius 3 is 2.65 bits per heavy atom. The largest absolute Gasteiger partial charge is 0.390 e. The molecule has 10 heteroatoms. The third kappa shape index (κ3) is 6.53. The maximum absolute atomic E-state index is 12.6. The number of β-amino-alcohol motifs (C(OH)–C–C–N with tert-alkyl or cyclic N) is 1. The van der Waals surface area contributed by atoms with Gasteiger partial charge in [-0.15, -0.1) is 0 Å². The Hall–Kier alpha value is -2.53. The van der Waals surface area contributed by atoms with Gasteiger partial charge in [-0.2, -0.15) is 0 Å². The molecular formula is C24H33N5O4S. The molecule has 1 atom stereocenters. The summed E-state index contributed by atoms with van der Waals surface area (Å²) in [7, 11) is -3.16. The number of nitrogens with one attached hydrogen (secondary N) is 2. The Morgan fingerprint density at radius 2 is 1.91 bits per heavy atom. The Balaban J connectivity index is 1.23. The normalized spacial score (nSPS) is 18.8. The first-order chi connectivity index (χ1) is 16.3. The highest BCUT2D eigenvalue weighted by atomic mass is 32.2. The van der Waals surface area contributed by atoms with Crippen LogP contribution in [0.5, 0.6) is 0 Å². The number of carbonyl (C=O) groups excluding carboxylic acids is 1. The van der Waals surface area contributed by atoms with E-state index in [0.29, 0.717) is 38.0 Å². The van der Waals surface area contributed by atoms with E-state index in [2.05, 4.69) is 38.7 Å². The van der Waals surface area contributed by atoms with E-state index in [1.165, 1.54) is 27.9 Å². The Kier molecular flexibility index (Phi) is 7.82. The number of nitrogens with zero attached hydrogens (tertiary/aromatic N) is 3. The standard InChI is InChI=1S/C24H33N5O4S/c1-34(32,33)29-10-7-21(8-11-29)27-22-12-20(13-25-14-22)24(31)26-15-23(30)17-28-9-6-18-4-2-3-5-19(18)16-28/h2-5,12-14,21,23,27,30H,6-11,15-17H2,1H3,(H,26,31). The molecule has 0 radical (unpaired) electrons. The minimum absolute atomic E-state index is 0.120. The van der Waals surface area contributed by atoms with Gasteiger partial charge < -0.3 is 15.7 Å². The molecule has 2 aromatic rings. The van der Waals surface area contributed by atoms with Gasteiger partial charge >= 0.3 is 0 Å². The molecule has 0 aliphatic carbocycles. The number of sulfonamides is 1. The lowest BCUT2D eigenvalue weighted by Gasteiger charge is -2.31. The molecule has 34 heavy (non-hydrogen) atoms. The third-order valence-electron chi connectivity index (χ3n) is 6.47. The van der Waals surface area contributed by atoms with E-state index in [4.69, 9.17) is 0 Å². The van der Waals surface area contributed by atoms with E-state index in [1.807, 2.05) is 6.07 Å². The van der Waals surface area contributed by atoms with E-state index in [1.54, 1.807) is 12.3 Å². The zero-order chi connectivity index (χ0) is 24.1. The summed E-state index contributed by atoms with van der Waals surface area (Å²) in [5.74, 6) is -0.286. The van der Waals surface area contributed by atoms with Gasteiger partial charge in [0.2, 0.25) is 10.0 Å². The van der Waals surface area contributed by atoms with Crippen LogP contribution in [0, 0.1) is 0 Å². The van der Waals surface area contributed by atoms with Crippen LogP contribution in [0.15, 0.2) is 42.7 Å². The van der Waals surface area contributed by atoms with Crippen LogP contribution >= 0.6 is 0 Å². The average molecular weight is 488 g/mol. The SMILES string of the molecule is CS(=O)(=O)N1CCC(Nc2cncc(C(=O)NCC(O)CN3CCc4ccccc4C3)c2)CC1. The fourth-order valence-electron chi connectivity index (χ4n) is 4.60. The van der Waals surface area contributed by atoms with Gasteiger partial charge in [-0.3, -0.25) is 14.7 Å². The molecule has 0 spiro atoms. The van der Waals surface area contributed by atoms with Gasteiger partial charge in [0.05, 0.1) is 23.6 Å². The molecule has 1 amide bonds. The first kappa shape index (κ1) is 24.6. The van der Waals surface area contributed by atoms with Crippen molar-refractivity contribution in [2.45, 2.75) is 38.0 Å². The number of aromatic nitrogens is 1. The van der Waals surface area contributed by atoms with Crippen LogP contribution < -0.4 is 10.6 Å². The molecule has 1 fully saturated rings. The van der Waals surface area contributed by atoms with Crippen molar-refractivity contribution in [2.24, 2.45) is 0 Å². The third-order valence-corrected chi connectivity index (χ3v) is 7.77. The van der Waals surface area contributed by atoms with Crippen molar-refractivity contribution in [1.82, 2.24) is 19.5 Å². The van der Waals surface area contributed by atoms with Crippen molar-refractivity contribution < 1.29 is 18.3 Å². The van der Waals surface area contributed by atoms with Crippen molar-refractivity contribution in [3.8, 4) is 0 Å². The Bertz CT molecular complexity index is 1100. The number of amides is 1. The number of benzene rings is 1. The number of aliphatic hydroxyl groups is 1. The molecule has 1 aromatic heterocycles. The minimum Gasteiger partial charge on any atom is -0.390 e. The molecule has 0 bridgehead atoms. The number of pyridine rings is 1. The smallest absolute Gasteiger partial charge is 0.253 e. The zero-order valence-corrected chi connectivity index (χ0v) is 20.3. The minimum atomic E-state index is -3.16. The molecule has 3 heterocycles. The summed E-state index contributed by atoms with van der Waals surface area (Å²) >= 11 is 0. The van der Waals surface area contributed by atoms with Gasteiger partial charge in [0.15, 0.2) is 0 Å². The van der Waals surface area contributed by atoms with Gasteiger partial charge in [0, 0.05) is 57.7 Å². The number of aliphatic hydroxyl groups excluding tert-OH is 1. The number of piperidine rings is 1. The highest BCUT2D eigenvalue weighted by Crippen LogP contribution is 2.19. The molecule has 1 unspecified atom stereocenters. The van der Waals surface area contributed by atoms with Crippen LogP contribution in [0.3, 0.4) is 0 Å². The summed E-state index contributed by atoms with van der Waals surface area (Å²) in [6.45, 7) is 3.32. The zero-order valence-electron chi connectivity index (χ0n) is 19.5. The van der Waals surface area contributed by atoms with Gasteiger partial charge in [-0.25, -0.2) is 12.7 Å². The van der Waals surface area contributed by atoms with Gasteiger partial charge in [0.25, 0.3) is 5.91 Å². The second kappa shape index (κ2) is 10.8. The lowest BCUT2D eigenvalue weighted by Crippen LogP contribution is -2.42. The Morgan fingerprint density at radius 1 is 1.18 bits per heavy atom. The molecule has 1 aromatic carbocycles. The number of anilines is 1. The van der Waals surface area contributed by atoms with Crippen LogP contribution in [0.4, 0.5) is 5.69 Å². The van der Waals surface area contributed by atoms with E-state index in [-0.39, 0.29) is 18.5 Å². The van der Waals surface area contributed by atoms with Crippen LogP contribution in [-0.4, -0.2) is 84.7 Å². The molecule has 1 saturated heterocycles. The molecular weight excluding hydrogens is 454 g/mol. The van der Waals surface area contributed by atoms with Crippen LogP contribution in [0.25, 0.3) is 0 Å². The van der Waals surface area contributed by atoms with Crippen molar-refractivity contribution in [3.63, 3.8) is 0 Å². The van der Waals surface area contributed by atoms with E-state index < -0.39 is 16.1 Å². The fraction of sp³-hybridized carbons (Fsp3) is 0.500. The number of hydrogen-bond acceptors (Lipinski definition) is 7. The number of fused-ring (bicyclic) bond motifs is 1. The summed E-state index contributed by atoms with van der Waals surface area (Å²) in [6.07, 6.45) is 6.07. The summed E-state index contributed by atoms with van der Waals surface area (Å²) in [4.78, 5) is 19.0. The maximum atomic E-state index is 12.6. The van der Waals surface area contributed by atoms with Crippen molar-refractivity contribution in [2.75, 3.05) is 44.3 Å². The van der Waals surface area contributed by atoms with Gasteiger partial charge in [0.1, 0.15) is 0 Å². The van der Waals surface area contributed by atoms with Crippen LogP contribution in [0.2, 0.25) is 0 Å². The van der Waals surface area contributed by atoms with E-state index in [9.17, 15) is 18.3 Å². The molecule has 0 saturated carbocycles. The van der Waals surface area contributed by atoms with E-state index >= 15 is 0 Å². The number of hydrogen-bond donors (Lipinski definition) is 3. The van der Waals surface area contributed by atoms with E-state index in [0.717, 1.165) is 25.2 Å². The van der Waals surface area contributed by atoms with Crippen molar-refractivity contribution in [1.29, 1.82) is 0 Å². The monoisotopic (exact) mass is 487 g/mol.